The predicted molar refractivity (Wildman–Crippen MR) is 87.7 cm³/mol. The third-order valence-electron chi connectivity index (χ3n) is 7.50. The molecule has 0 spiro atoms. The van der Waals surface area contributed by atoms with Gasteiger partial charge in [-0.3, -0.25) is 4.79 Å². The van der Waals surface area contributed by atoms with E-state index >= 15 is 0 Å². The van der Waals surface area contributed by atoms with Gasteiger partial charge in [-0.25, -0.2) is 0 Å². The Morgan fingerprint density at radius 1 is 0.864 bits per heavy atom. The van der Waals surface area contributed by atoms with Crippen molar-refractivity contribution in [3.63, 3.8) is 0 Å². The lowest BCUT2D eigenvalue weighted by atomic mass is 9.62. The average Bonchev–Trinajstić information content (AvgIpc) is 2.85. The molecule has 1 aromatic rings. The molecule has 4 aliphatic rings. The van der Waals surface area contributed by atoms with Gasteiger partial charge in [-0.1, -0.05) is 49.9 Å². The second kappa shape index (κ2) is 4.94. The van der Waals surface area contributed by atoms with Gasteiger partial charge in [0.05, 0.1) is 0 Å². The van der Waals surface area contributed by atoms with Crippen molar-refractivity contribution in [1.82, 2.24) is 0 Å². The fraction of sp³-hybridized carbons (Fsp3) is 0.667. The minimum absolute atomic E-state index is 0.250. The number of hydrogen-bond donors (Lipinski definition) is 0. The van der Waals surface area contributed by atoms with E-state index in [1.807, 2.05) is 0 Å². The summed E-state index contributed by atoms with van der Waals surface area (Å²) in [7, 11) is 0. The van der Waals surface area contributed by atoms with Crippen molar-refractivity contribution >= 4 is 5.78 Å². The second-order valence-electron chi connectivity index (χ2n) is 8.33. The van der Waals surface area contributed by atoms with Gasteiger partial charge in [0.15, 0.2) is 0 Å². The zero-order valence-electron chi connectivity index (χ0n) is 13.3. The van der Waals surface area contributed by atoms with Crippen LogP contribution in [0.2, 0.25) is 0 Å². The summed E-state index contributed by atoms with van der Waals surface area (Å²) in [4.78, 5) is 13.2. The first-order chi connectivity index (χ1) is 10.8. The number of hydrogen-bond acceptors (Lipinski definition) is 1. The van der Waals surface area contributed by atoms with Gasteiger partial charge in [0, 0.05) is 11.8 Å². The molecule has 0 amide bonds. The monoisotopic (exact) mass is 294 g/mol. The van der Waals surface area contributed by atoms with Gasteiger partial charge >= 0.3 is 0 Å². The van der Waals surface area contributed by atoms with Crippen LogP contribution in [0.4, 0.5) is 0 Å². The normalized spacial score (nSPS) is 43.0. The molecule has 6 atom stereocenters. The number of carbonyl (C=O) groups is 1. The van der Waals surface area contributed by atoms with Crippen molar-refractivity contribution in [3.05, 3.63) is 35.4 Å². The molecule has 1 nitrogen and oxygen atoms in total. The Labute approximate surface area is 133 Å². The summed E-state index contributed by atoms with van der Waals surface area (Å²) in [5, 5.41) is 0. The molecule has 1 aromatic carbocycles. The highest BCUT2D eigenvalue weighted by Gasteiger charge is 2.55. The maximum Gasteiger partial charge on any atom is 0.143 e. The van der Waals surface area contributed by atoms with Crippen LogP contribution in [0.15, 0.2) is 24.3 Å². The summed E-state index contributed by atoms with van der Waals surface area (Å²) in [6.45, 7) is 0. The smallest absolute Gasteiger partial charge is 0.143 e. The Bertz CT molecular complexity index is 604. The van der Waals surface area contributed by atoms with Crippen LogP contribution < -0.4 is 0 Å². The predicted octanol–water partition coefficient (Wildman–Crippen LogP) is 4.75. The fourth-order valence-electron chi connectivity index (χ4n) is 6.56. The SMILES string of the molecule is O=C1C2CC3CCCCC3CC2C2CCc3ccccc3C12. The van der Waals surface area contributed by atoms with Crippen LogP contribution in [0.1, 0.15) is 62.0 Å². The number of Topliss-reactive ketones (excluding diaryl/α,β-unsaturated/α-hetero) is 1. The van der Waals surface area contributed by atoms with Crippen molar-refractivity contribution in [1.29, 1.82) is 0 Å². The van der Waals surface area contributed by atoms with E-state index in [0.717, 1.165) is 11.8 Å². The van der Waals surface area contributed by atoms with Gasteiger partial charge in [0.1, 0.15) is 5.78 Å². The fourth-order valence-corrected chi connectivity index (χ4v) is 6.56. The third kappa shape index (κ3) is 1.80. The standard InChI is InChI=1S/C21H26O/c22-21-19-12-15-7-2-1-6-14(15)11-18(19)17-10-9-13-5-3-4-8-16(13)20(17)21/h3-5,8,14-15,17-20H,1-2,6-7,9-12H2. The summed E-state index contributed by atoms with van der Waals surface area (Å²) < 4.78 is 0. The molecular formula is C21H26O. The first-order valence-corrected chi connectivity index (χ1v) is 9.44. The lowest BCUT2D eigenvalue weighted by Crippen LogP contribution is -2.35. The van der Waals surface area contributed by atoms with Crippen LogP contribution >= 0.6 is 0 Å². The van der Waals surface area contributed by atoms with Crippen LogP contribution in [-0.2, 0) is 11.2 Å². The summed E-state index contributed by atoms with van der Waals surface area (Å²) in [5.74, 6) is 4.46. The van der Waals surface area contributed by atoms with Crippen LogP contribution in [0.25, 0.3) is 0 Å². The Balaban J connectivity index is 1.51. The van der Waals surface area contributed by atoms with Gasteiger partial charge < -0.3 is 0 Å². The minimum Gasteiger partial charge on any atom is -0.299 e. The molecule has 3 saturated carbocycles. The van der Waals surface area contributed by atoms with Crippen LogP contribution in [0.3, 0.4) is 0 Å². The molecular weight excluding hydrogens is 268 g/mol. The van der Waals surface area contributed by atoms with E-state index in [4.69, 9.17) is 0 Å². The molecule has 0 saturated heterocycles. The van der Waals surface area contributed by atoms with Gasteiger partial charge in [-0.15, -0.1) is 0 Å². The molecule has 0 N–H and O–H groups in total. The number of aryl methyl sites for hydroxylation is 1. The quantitative estimate of drug-likeness (QED) is 0.675. The molecule has 0 radical (unpaired) electrons. The van der Waals surface area contributed by atoms with Gasteiger partial charge in [0.25, 0.3) is 0 Å². The summed E-state index contributed by atoms with van der Waals surface area (Å²) in [6.07, 6.45) is 10.7. The van der Waals surface area contributed by atoms with Gasteiger partial charge in [0.2, 0.25) is 0 Å². The molecule has 4 aliphatic carbocycles. The van der Waals surface area contributed by atoms with Gasteiger partial charge in [-0.2, -0.15) is 0 Å². The summed E-state index contributed by atoms with van der Waals surface area (Å²) in [6, 6.07) is 8.77. The van der Waals surface area contributed by atoms with E-state index < -0.39 is 0 Å². The highest BCUT2D eigenvalue weighted by Crippen LogP contribution is 2.58. The Kier molecular flexibility index (Phi) is 3.00. The van der Waals surface area contributed by atoms with E-state index in [1.54, 1.807) is 0 Å². The van der Waals surface area contributed by atoms with Crippen molar-refractivity contribution in [3.8, 4) is 0 Å². The topological polar surface area (TPSA) is 17.1 Å². The van der Waals surface area contributed by atoms with Crippen LogP contribution in [0, 0.1) is 29.6 Å². The Morgan fingerprint density at radius 3 is 2.50 bits per heavy atom. The average molecular weight is 294 g/mol. The highest BCUT2D eigenvalue weighted by molar-refractivity contribution is 5.91. The zero-order valence-corrected chi connectivity index (χ0v) is 13.3. The number of rotatable bonds is 0. The third-order valence-corrected chi connectivity index (χ3v) is 7.50. The van der Waals surface area contributed by atoms with Crippen molar-refractivity contribution in [2.24, 2.45) is 29.6 Å². The number of carbonyl (C=O) groups excluding carboxylic acids is 1. The number of ketones is 1. The highest BCUT2D eigenvalue weighted by atomic mass is 16.1. The second-order valence-corrected chi connectivity index (χ2v) is 8.33. The zero-order chi connectivity index (χ0) is 14.7. The molecule has 0 aliphatic heterocycles. The summed E-state index contributed by atoms with van der Waals surface area (Å²) >= 11 is 0. The van der Waals surface area contributed by atoms with E-state index in [2.05, 4.69) is 24.3 Å². The van der Waals surface area contributed by atoms with E-state index in [1.165, 1.54) is 62.5 Å². The molecule has 116 valence electrons. The van der Waals surface area contributed by atoms with Crippen LogP contribution in [-0.4, -0.2) is 5.78 Å². The molecule has 22 heavy (non-hydrogen) atoms. The van der Waals surface area contributed by atoms with E-state index in [0.29, 0.717) is 23.5 Å². The van der Waals surface area contributed by atoms with Crippen molar-refractivity contribution < 1.29 is 4.79 Å². The largest absolute Gasteiger partial charge is 0.299 e. The Hall–Kier alpha value is -1.11. The van der Waals surface area contributed by atoms with Crippen LogP contribution in [0.5, 0.6) is 0 Å². The molecule has 6 unspecified atom stereocenters. The molecule has 0 heterocycles. The Morgan fingerprint density at radius 2 is 1.64 bits per heavy atom. The van der Waals surface area contributed by atoms with E-state index in [9.17, 15) is 4.79 Å². The lowest BCUT2D eigenvalue weighted by molar-refractivity contribution is -0.124. The summed E-state index contributed by atoms with van der Waals surface area (Å²) in [5.41, 5.74) is 2.84. The first-order valence-electron chi connectivity index (χ1n) is 9.44. The van der Waals surface area contributed by atoms with Crippen molar-refractivity contribution in [2.75, 3.05) is 0 Å². The number of fused-ring (bicyclic) bond motifs is 6. The lowest BCUT2D eigenvalue weighted by Gasteiger charge is -2.42. The molecule has 0 bridgehead atoms. The van der Waals surface area contributed by atoms with Crippen molar-refractivity contribution in [2.45, 2.75) is 57.3 Å². The maximum absolute atomic E-state index is 13.2. The van der Waals surface area contributed by atoms with Gasteiger partial charge in [-0.05, 0) is 60.5 Å². The minimum atomic E-state index is 0.250. The first kappa shape index (κ1) is 13.3. The number of benzene rings is 1. The molecule has 0 aromatic heterocycles. The van der Waals surface area contributed by atoms with E-state index in [-0.39, 0.29) is 5.92 Å². The maximum atomic E-state index is 13.2. The molecule has 5 rings (SSSR count). The molecule has 1 heteroatoms. The molecule has 3 fully saturated rings.